The van der Waals surface area contributed by atoms with Crippen LogP contribution in [0.4, 0.5) is 18.9 Å². The zero-order chi connectivity index (χ0) is 34.0. The third-order valence-electron chi connectivity index (χ3n) is 8.24. The summed E-state index contributed by atoms with van der Waals surface area (Å²) < 4.78 is 51.6. The number of benzene rings is 3. The number of nitrogens with zero attached hydrogens (tertiary/aromatic N) is 4. The third kappa shape index (κ3) is 7.98. The van der Waals surface area contributed by atoms with Crippen LogP contribution in [0.1, 0.15) is 32.0 Å². The number of aromatic hydroxyl groups is 1. The number of hydrogen-bond donors (Lipinski definition) is 2. The molecule has 6 rings (SSSR count). The first-order valence-electron chi connectivity index (χ1n) is 15.1. The molecule has 49 heavy (non-hydrogen) atoms. The van der Waals surface area contributed by atoms with Gasteiger partial charge in [0.15, 0.2) is 0 Å². The lowest BCUT2D eigenvalue weighted by Gasteiger charge is -2.34. The standard InChI is InChI=1S/C35H32F3N5O5.BrH/c1-41-29-11-9-27(48-32-12-6-25(20-39-32)40-33(45)28-10-5-24(19-31(28)44)35(36,37)38)17-23(29)18-30(41)34(46)43-15-13-42(14-16-43)21-22-3-7-26(47-2)8-4-22;/h3-12,17-20,44H,13-16,21H2,1-2H3,(H,40,45);1H. The molecular formula is C35H33BrF3N5O5. The molecule has 3 aromatic carbocycles. The number of phenols is 1. The minimum atomic E-state index is -4.65. The first-order chi connectivity index (χ1) is 23.0. The Balaban J connectivity index is 0.00000468. The predicted octanol–water partition coefficient (Wildman–Crippen LogP) is 6.89. The van der Waals surface area contributed by atoms with Gasteiger partial charge in [0.25, 0.3) is 11.8 Å². The summed E-state index contributed by atoms with van der Waals surface area (Å²) in [5.41, 5.74) is 1.49. The number of anilines is 1. The summed E-state index contributed by atoms with van der Waals surface area (Å²) in [4.78, 5) is 34.4. The quantitative estimate of drug-likeness (QED) is 0.179. The van der Waals surface area contributed by atoms with E-state index in [0.29, 0.717) is 30.6 Å². The van der Waals surface area contributed by atoms with Gasteiger partial charge in [-0.3, -0.25) is 14.5 Å². The van der Waals surface area contributed by atoms with E-state index in [1.54, 1.807) is 13.2 Å². The molecule has 0 atom stereocenters. The van der Waals surface area contributed by atoms with Crippen LogP contribution in [0, 0.1) is 0 Å². The van der Waals surface area contributed by atoms with Crippen molar-refractivity contribution in [2.75, 3.05) is 38.6 Å². The van der Waals surface area contributed by atoms with Crippen molar-refractivity contribution >= 4 is 45.4 Å². The lowest BCUT2D eigenvalue weighted by molar-refractivity contribution is -0.137. The van der Waals surface area contributed by atoms with Crippen LogP contribution in [0.25, 0.3) is 10.9 Å². The summed E-state index contributed by atoms with van der Waals surface area (Å²) in [6, 6.07) is 20.4. The van der Waals surface area contributed by atoms with Crippen molar-refractivity contribution in [3.05, 3.63) is 107 Å². The first kappa shape index (κ1) is 35.2. The summed E-state index contributed by atoms with van der Waals surface area (Å²) in [6.45, 7) is 3.60. The van der Waals surface area contributed by atoms with Crippen molar-refractivity contribution < 1.29 is 37.3 Å². The molecule has 0 saturated carbocycles. The Labute approximate surface area is 290 Å². The van der Waals surface area contributed by atoms with Crippen LogP contribution in [0.5, 0.6) is 23.1 Å². The number of aryl methyl sites for hydroxylation is 1. The molecule has 2 aromatic heterocycles. The van der Waals surface area contributed by atoms with Gasteiger partial charge in [-0.25, -0.2) is 4.98 Å². The lowest BCUT2D eigenvalue weighted by Crippen LogP contribution is -2.48. The second kappa shape index (κ2) is 14.6. The van der Waals surface area contributed by atoms with Crippen LogP contribution in [0.3, 0.4) is 0 Å². The fraction of sp³-hybridized carbons (Fsp3) is 0.229. The molecule has 2 amide bonds. The van der Waals surface area contributed by atoms with E-state index in [-0.39, 0.29) is 40.0 Å². The highest BCUT2D eigenvalue weighted by Gasteiger charge is 2.31. The first-order valence-corrected chi connectivity index (χ1v) is 15.1. The molecule has 0 radical (unpaired) electrons. The van der Waals surface area contributed by atoms with E-state index in [1.165, 1.54) is 23.9 Å². The Hall–Kier alpha value is -5.08. The molecule has 10 nitrogen and oxygen atoms in total. The maximum atomic E-state index is 13.5. The van der Waals surface area contributed by atoms with Crippen molar-refractivity contribution in [2.45, 2.75) is 12.7 Å². The molecule has 14 heteroatoms. The minimum absolute atomic E-state index is 0. The molecular weight excluding hydrogens is 707 g/mol. The van der Waals surface area contributed by atoms with Gasteiger partial charge in [0, 0.05) is 56.7 Å². The molecule has 1 aliphatic rings. The van der Waals surface area contributed by atoms with Crippen LogP contribution in [-0.2, 0) is 19.8 Å². The van der Waals surface area contributed by atoms with Gasteiger partial charge in [0.05, 0.1) is 30.1 Å². The minimum Gasteiger partial charge on any atom is -0.507 e. The molecule has 2 N–H and O–H groups in total. The molecule has 5 aromatic rings. The van der Waals surface area contributed by atoms with Crippen LogP contribution in [-0.4, -0.2) is 69.6 Å². The summed E-state index contributed by atoms with van der Waals surface area (Å²) in [5, 5.41) is 13.3. The van der Waals surface area contributed by atoms with Crippen LogP contribution < -0.4 is 14.8 Å². The van der Waals surface area contributed by atoms with Gasteiger partial charge in [-0.15, -0.1) is 17.0 Å². The van der Waals surface area contributed by atoms with Gasteiger partial charge in [0.2, 0.25) is 5.88 Å². The van der Waals surface area contributed by atoms with Crippen LogP contribution >= 0.6 is 17.0 Å². The Morgan fingerprint density at radius 3 is 2.27 bits per heavy atom. The molecule has 1 aliphatic heterocycles. The molecule has 0 spiro atoms. The van der Waals surface area contributed by atoms with Crippen LogP contribution in [0.2, 0.25) is 0 Å². The molecule has 0 bridgehead atoms. The fourth-order valence-corrected chi connectivity index (χ4v) is 5.59. The van der Waals surface area contributed by atoms with Gasteiger partial charge in [-0.2, -0.15) is 13.2 Å². The molecule has 256 valence electrons. The Bertz CT molecular complexity index is 1960. The third-order valence-corrected chi connectivity index (χ3v) is 8.24. The molecule has 0 unspecified atom stereocenters. The number of hydrogen-bond acceptors (Lipinski definition) is 7. The number of pyridine rings is 1. The summed E-state index contributed by atoms with van der Waals surface area (Å²) in [5.74, 6) is -0.0960. The van der Waals surface area contributed by atoms with Gasteiger partial charge in [-0.1, -0.05) is 12.1 Å². The molecule has 1 saturated heterocycles. The number of piperazine rings is 1. The number of halogens is 4. The van der Waals surface area contributed by atoms with E-state index >= 15 is 0 Å². The zero-order valence-electron chi connectivity index (χ0n) is 26.5. The summed E-state index contributed by atoms with van der Waals surface area (Å²) in [6.07, 6.45) is -3.32. The second-order valence-corrected chi connectivity index (χ2v) is 11.4. The average Bonchev–Trinajstić information content (AvgIpc) is 3.40. The number of ether oxygens (including phenoxy) is 2. The Morgan fingerprint density at radius 1 is 0.918 bits per heavy atom. The second-order valence-electron chi connectivity index (χ2n) is 11.4. The highest BCUT2D eigenvalue weighted by atomic mass is 79.9. The number of amides is 2. The number of carbonyl (C=O) groups excluding carboxylic acids is 2. The number of carbonyl (C=O) groups is 2. The van der Waals surface area contributed by atoms with E-state index in [2.05, 4.69) is 27.3 Å². The maximum absolute atomic E-state index is 13.5. The van der Waals surface area contributed by atoms with Gasteiger partial charge in [-0.05, 0) is 66.2 Å². The summed E-state index contributed by atoms with van der Waals surface area (Å²) >= 11 is 0. The smallest absolute Gasteiger partial charge is 0.416 e. The van der Waals surface area contributed by atoms with Gasteiger partial charge < -0.3 is 29.4 Å². The van der Waals surface area contributed by atoms with E-state index in [0.717, 1.165) is 48.4 Å². The lowest BCUT2D eigenvalue weighted by atomic mass is 10.1. The maximum Gasteiger partial charge on any atom is 0.416 e. The van der Waals surface area contributed by atoms with Crippen molar-refractivity contribution in [3.63, 3.8) is 0 Å². The Kier molecular flexibility index (Phi) is 10.5. The SMILES string of the molecule is Br.COc1ccc(CN2CCN(C(=O)c3cc4cc(Oc5ccc(NC(=O)c6ccc(C(F)(F)F)cc6O)cn5)ccc4n3C)CC2)cc1. The molecule has 1 fully saturated rings. The largest absolute Gasteiger partial charge is 0.507 e. The zero-order valence-corrected chi connectivity index (χ0v) is 28.2. The van der Waals surface area contributed by atoms with E-state index < -0.39 is 23.4 Å². The predicted molar refractivity (Wildman–Crippen MR) is 183 cm³/mol. The number of rotatable bonds is 8. The fourth-order valence-electron chi connectivity index (χ4n) is 5.59. The summed E-state index contributed by atoms with van der Waals surface area (Å²) in [7, 11) is 3.50. The van der Waals surface area contributed by atoms with Gasteiger partial charge in [0.1, 0.15) is 22.9 Å². The highest BCUT2D eigenvalue weighted by molar-refractivity contribution is 8.93. The topological polar surface area (TPSA) is 109 Å². The number of fused-ring (bicyclic) bond motifs is 1. The van der Waals surface area contributed by atoms with Crippen molar-refractivity contribution in [1.82, 2.24) is 19.4 Å². The van der Waals surface area contributed by atoms with Crippen molar-refractivity contribution in [3.8, 4) is 23.1 Å². The number of aromatic nitrogens is 2. The number of methoxy groups -OCH3 is 1. The highest BCUT2D eigenvalue weighted by Crippen LogP contribution is 2.33. The number of phenolic OH excluding ortho intramolecular Hbond substituents is 1. The van der Waals surface area contributed by atoms with Gasteiger partial charge >= 0.3 is 6.18 Å². The Morgan fingerprint density at radius 2 is 1.63 bits per heavy atom. The van der Waals surface area contributed by atoms with Crippen LogP contribution in [0.15, 0.2) is 85.1 Å². The van der Waals surface area contributed by atoms with Crippen molar-refractivity contribution in [1.29, 1.82) is 0 Å². The monoisotopic (exact) mass is 739 g/mol. The van der Waals surface area contributed by atoms with Crippen molar-refractivity contribution in [2.24, 2.45) is 7.05 Å². The van der Waals surface area contributed by atoms with E-state index in [1.807, 2.05) is 46.8 Å². The normalized spacial score (nSPS) is 13.5. The number of nitrogens with one attached hydrogen (secondary N) is 1. The molecule has 0 aliphatic carbocycles. The number of alkyl halides is 3. The van der Waals surface area contributed by atoms with E-state index in [9.17, 15) is 27.9 Å². The molecule has 3 heterocycles. The average molecular weight is 741 g/mol. The van der Waals surface area contributed by atoms with E-state index in [4.69, 9.17) is 9.47 Å².